The topological polar surface area (TPSA) is 67.0 Å². The fourth-order valence-electron chi connectivity index (χ4n) is 1.69. The van der Waals surface area contributed by atoms with Gasteiger partial charge in [0.25, 0.3) is 5.91 Å². The lowest BCUT2D eigenvalue weighted by Gasteiger charge is -2.14. The summed E-state index contributed by atoms with van der Waals surface area (Å²) in [5, 5.41) is 9.01. The highest BCUT2D eigenvalue weighted by atomic mass is 19.1. The smallest absolute Gasteiger partial charge is 0.269 e. The lowest BCUT2D eigenvalue weighted by Crippen LogP contribution is -2.27. The number of benzene rings is 1. The number of rotatable bonds is 4. The predicted octanol–water partition coefficient (Wildman–Crippen LogP) is 2.05. The van der Waals surface area contributed by atoms with E-state index in [9.17, 15) is 9.18 Å². The van der Waals surface area contributed by atoms with Gasteiger partial charge in [-0.05, 0) is 30.7 Å². The summed E-state index contributed by atoms with van der Waals surface area (Å²) >= 11 is 0. The Morgan fingerprint density at radius 1 is 1.47 bits per heavy atom. The zero-order valence-corrected chi connectivity index (χ0v) is 10.6. The molecule has 1 amide bonds. The van der Waals surface area contributed by atoms with Gasteiger partial charge >= 0.3 is 0 Å². The molecule has 1 aromatic heterocycles. The molecule has 0 saturated heterocycles. The molecule has 100 valence electrons. The Labute approximate surface area is 109 Å². The van der Waals surface area contributed by atoms with Crippen LogP contribution in [0.15, 0.2) is 30.5 Å². The first-order valence-corrected chi connectivity index (χ1v) is 5.75. The Hall–Kier alpha value is -2.37. The van der Waals surface area contributed by atoms with Crippen LogP contribution in [0.5, 0.6) is 5.75 Å². The van der Waals surface area contributed by atoms with Crippen molar-refractivity contribution in [3.05, 3.63) is 47.5 Å². The average Bonchev–Trinajstić information content (AvgIpc) is 2.92. The van der Waals surface area contributed by atoms with Crippen molar-refractivity contribution >= 4 is 5.91 Å². The highest BCUT2D eigenvalue weighted by Gasteiger charge is 2.14. The Balaban J connectivity index is 2.09. The fourth-order valence-corrected chi connectivity index (χ4v) is 1.69. The number of hydrogen-bond acceptors (Lipinski definition) is 3. The highest BCUT2D eigenvalue weighted by molar-refractivity contribution is 5.92. The zero-order chi connectivity index (χ0) is 13.8. The van der Waals surface area contributed by atoms with E-state index in [-0.39, 0.29) is 17.7 Å². The van der Waals surface area contributed by atoms with Gasteiger partial charge in [-0.2, -0.15) is 5.10 Å². The lowest BCUT2D eigenvalue weighted by molar-refractivity contribution is 0.0934. The summed E-state index contributed by atoms with van der Waals surface area (Å²) in [6.07, 6.45) is 1.49. The number of H-pyrrole nitrogens is 1. The van der Waals surface area contributed by atoms with Gasteiger partial charge in [-0.15, -0.1) is 0 Å². The molecule has 0 aliphatic heterocycles. The normalized spacial score (nSPS) is 11.9. The molecule has 2 rings (SSSR count). The molecule has 2 aromatic rings. The minimum absolute atomic E-state index is 0.177. The number of halogens is 1. The minimum atomic E-state index is -0.456. The third-order valence-electron chi connectivity index (χ3n) is 2.77. The van der Waals surface area contributed by atoms with Crippen molar-refractivity contribution in [1.82, 2.24) is 15.5 Å². The fraction of sp³-hybridized carbons (Fsp3) is 0.231. The SMILES string of the molecule is COc1ccc(C(C)NC(=O)c2ccn[nH]2)cc1F. The molecule has 0 fully saturated rings. The molecule has 6 heteroatoms. The maximum absolute atomic E-state index is 13.6. The molecule has 0 aliphatic carbocycles. The number of methoxy groups -OCH3 is 1. The summed E-state index contributed by atoms with van der Waals surface area (Å²) in [5.41, 5.74) is 1.02. The van der Waals surface area contributed by atoms with Crippen molar-refractivity contribution in [1.29, 1.82) is 0 Å². The van der Waals surface area contributed by atoms with Crippen LogP contribution in [0.2, 0.25) is 0 Å². The van der Waals surface area contributed by atoms with Gasteiger partial charge < -0.3 is 10.1 Å². The maximum Gasteiger partial charge on any atom is 0.269 e. The van der Waals surface area contributed by atoms with E-state index >= 15 is 0 Å². The summed E-state index contributed by atoms with van der Waals surface area (Å²) < 4.78 is 18.4. The Bertz CT molecular complexity index is 569. The second-order valence-electron chi connectivity index (χ2n) is 4.06. The first-order chi connectivity index (χ1) is 9.11. The van der Waals surface area contributed by atoms with Gasteiger partial charge in [-0.3, -0.25) is 9.89 Å². The van der Waals surface area contributed by atoms with Crippen LogP contribution in [0.4, 0.5) is 4.39 Å². The van der Waals surface area contributed by atoms with E-state index in [2.05, 4.69) is 15.5 Å². The van der Waals surface area contributed by atoms with Gasteiger partial charge in [0, 0.05) is 6.20 Å². The van der Waals surface area contributed by atoms with Gasteiger partial charge in [0.15, 0.2) is 11.6 Å². The standard InChI is InChI=1S/C13H14FN3O2/c1-8(16-13(18)11-5-6-15-17-11)9-3-4-12(19-2)10(14)7-9/h3-8H,1-2H3,(H,15,17)(H,16,18). The van der Waals surface area contributed by atoms with Crippen molar-refractivity contribution in [3.8, 4) is 5.75 Å². The predicted molar refractivity (Wildman–Crippen MR) is 67.4 cm³/mol. The van der Waals surface area contributed by atoms with E-state index in [0.29, 0.717) is 11.3 Å². The maximum atomic E-state index is 13.6. The largest absolute Gasteiger partial charge is 0.494 e. The van der Waals surface area contributed by atoms with E-state index in [1.165, 1.54) is 25.4 Å². The third-order valence-corrected chi connectivity index (χ3v) is 2.77. The lowest BCUT2D eigenvalue weighted by atomic mass is 10.1. The molecule has 0 saturated carbocycles. The van der Waals surface area contributed by atoms with E-state index in [1.54, 1.807) is 19.1 Å². The second kappa shape index (κ2) is 5.51. The van der Waals surface area contributed by atoms with Crippen molar-refractivity contribution in [2.75, 3.05) is 7.11 Å². The summed E-state index contributed by atoms with van der Waals surface area (Å²) in [7, 11) is 1.40. The van der Waals surface area contributed by atoms with Crippen LogP contribution in [0.25, 0.3) is 0 Å². The second-order valence-corrected chi connectivity index (χ2v) is 4.06. The van der Waals surface area contributed by atoms with Crippen LogP contribution >= 0.6 is 0 Å². The quantitative estimate of drug-likeness (QED) is 0.887. The average molecular weight is 263 g/mol. The number of hydrogen-bond donors (Lipinski definition) is 2. The molecule has 1 heterocycles. The zero-order valence-electron chi connectivity index (χ0n) is 10.6. The number of carbonyl (C=O) groups is 1. The van der Waals surface area contributed by atoms with Gasteiger partial charge in [-0.25, -0.2) is 4.39 Å². The monoisotopic (exact) mass is 263 g/mol. The first kappa shape index (κ1) is 13.1. The summed E-state index contributed by atoms with van der Waals surface area (Å²) in [5.74, 6) is -0.570. The molecular formula is C13H14FN3O2. The summed E-state index contributed by atoms with van der Waals surface area (Å²) in [6.45, 7) is 1.77. The Kier molecular flexibility index (Phi) is 3.79. The molecule has 0 aliphatic rings. The van der Waals surface area contributed by atoms with Crippen LogP contribution in [0, 0.1) is 5.82 Å². The molecule has 0 spiro atoms. The number of aromatic amines is 1. The summed E-state index contributed by atoms with van der Waals surface area (Å²) in [4.78, 5) is 11.8. The van der Waals surface area contributed by atoms with Gasteiger partial charge in [0.2, 0.25) is 0 Å². The van der Waals surface area contributed by atoms with Crippen LogP contribution in [-0.4, -0.2) is 23.2 Å². The molecule has 5 nitrogen and oxygen atoms in total. The number of carbonyl (C=O) groups excluding carboxylic acids is 1. The van der Waals surface area contributed by atoms with Crippen LogP contribution in [0.3, 0.4) is 0 Å². The molecule has 2 N–H and O–H groups in total. The minimum Gasteiger partial charge on any atom is -0.494 e. The molecule has 0 bridgehead atoms. The summed E-state index contributed by atoms with van der Waals surface area (Å²) in [6, 6.07) is 5.83. The van der Waals surface area contributed by atoms with Crippen LogP contribution < -0.4 is 10.1 Å². The van der Waals surface area contributed by atoms with E-state index < -0.39 is 5.82 Å². The first-order valence-electron chi connectivity index (χ1n) is 5.75. The van der Waals surface area contributed by atoms with Gasteiger partial charge in [-0.1, -0.05) is 6.07 Å². The number of nitrogens with one attached hydrogen (secondary N) is 2. The van der Waals surface area contributed by atoms with Crippen molar-refractivity contribution in [2.45, 2.75) is 13.0 Å². The number of ether oxygens (including phenoxy) is 1. The molecule has 1 aromatic carbocycles. The number of aromatic nitrogens is 2. The van der Waals surface area contributed by atoms with E-state index in [4.69, 9.17) is 4.74 Å². The van der Waals surface area contributed by atoms with Gasteiger partial charge in [0.1, 0.15) is 5.69 Å². The molecule has 1 unspecified atom stereocenters. The molecule has 0 radical (unpaired) electrons. The molecule has 19 heavy (non-hydrogen) atoms. The Morgan fingerprint density at radius 2 is 2.26 bits per heavy atom. The van der Waals surface area contributed by atoms with E-state index in [0.717, 1.165) is 0 Å². The van der Waals surface area contributed by atoms with Crippen LogP contribution in [0.1, 0.15) is 29.0 Å². The third kappa shape index (κ3) is 2.90. The van der Waals surface area contributed by atoms with Crippen LogP contribution in [-0.2, 0) is 0 Å². The highest BCUT2D eigenvalue weighted by Crippen LogP contribution is 2.21. The van der Waals surface area contributed by atoms with E-state index in [1.807, 2.05) is 0 Å². The number of nitrogens with zero attached hydrogens (tertiary/aromatic N) is 1. The van der Waals surface area contributed by atoms with Crippen molar-refractivity contribution < 1.29 is 13.9 Å². The van der Waals surface area contributed by atoms with Crippen molar-refractivity contribution in [2.24, 2.45) is 0 Å². The number of amides is 1. The van der Waals surface area contributed by atoms with Crippen molar-refractivity contribution in [3.63, 3.8) is 0 Å². The molecular weight excluding hydrogens is 249 g/mol. The molecule has 1 atom stereocenters. The van der Waals surface area contributed by atoms with Gasteiger partial charge in [0.05, 0.1) is 13.2 Å². The Morgan fingerprint density at radius 3 is 2.84 bits per heavy atom.